The van der Waals surface area contributed by atoms with Crippen molar-refractivity contribution in [3.63, 3.8) is 0 Å². The number of aliphatic hydroxyl groups is 18. The fourth-order valence-corrected chi connectivity index (χ4v) is 8.93. The quantitative estimate of drug-likeness (QED) is 0.117. The average molecular weight is 973 g/mol. The molecule has 22 fully saturated rings. The largest absolute Gasteiger partial charge is 0.394 e. The highest BCUT2D eigenvalue weighted by Gasteiger charge is 2.58. The van der Waals surface area contributed by atoms with E-state index in [-0.39, 0.29) is 0 Å². The van der Waals surface area contributed by atoms with Crippen LogP contribution in [-0.4, -0.2) is 316 Å². The molecule has 22 aliphatic heterocycles. The van der Waals surface area contributed by atoms with Gasteiger partial charge in [-0.25, -0.2) is 0 Å². The Morgan fingerprint density at radius 1 is 0.182 bits per heavy atom. The van der Waals surface area contributed by atoms with Crippen LogP contribution in [-0.2, 0) is 56.8 Å². The fraction of sp³-hybridized carbons (Fsp3) is 1.00. The molecule has 0 aliphatic carbocycles. The highest BCUT2D eigenvalue weighted by molar-refractivity contribution is 5.01. The van der Waals surface area contributed by atoms with Crippen LogP contribution in [0.25, 0.3) is 0 Å². The maximum Gasteiger partial charge on any atom is 0.187 e. The van der Waals surface area contributed by atoms with Crippen LogP contribution in [0.1, 0.15) is 0 Å². The smallest absolute Gasteiger partial charge is 0.187 e. The zero-order valence-electron chi connectivity index (χ0n) is 34.5. The maximum absolute atomic E-state index is 11.2. The van der Waals surface area contributed by atoms with Crippen molar-refractivity contribution in [1.29, 1.82) is 0 Å². The van der Waals surface area contributed by atoms with Gasteiger partial charge in [0.05, 0.1) is 39.6 Å². The van der Waals surface area contributed by atoms with Crippen molar-refractivity contribution in [3.8, 4) is 0 Å². The second kappa shape index (κ2) is 22.1. The molecule has 0 aromatic carbocycles. The summed E-state index contributed by atoms with van der Waals surface area (Å²) in [6.07, 6.45) is -58.5. The van der Waals surface area contributed by atoms with E-state index >= 15 is 0 Å². The van der Waals surface area contributed by atoms with Crippen molar-refractivity contribution >= 4 is 0 Å². The van der Waals surface area contributed by atoms with Gasteiger partial charge < -0.3 is 149 Å². The van der Waals surface area contributed by atoms with Crippen molar-refractivity contribution in [2.75, 3.05) is 39.6 Å². The van der Waals surface area contributed by atoms with E-state index in [1.54, 1.807) is 0 Å². The standard InChI is InChI=1S/C36H60O30/c37-1-7-25-13(43)19(49)31(55-7)62-26-8(2-38)57-33(21(51)15(26)45)64-28-10(4-40)59-35(23(53)17(28)47)66-30-12(6-42)60-36(24(54)18(30)48)65-29-11(5-41)58-34(22(52)16(29)46)63-27-9(3-39)56-32(61-25)20(50)14(27)44/h7-54H,1-6H2/t7-,8-,9-,10-,11-,12-,13-,14-,15?,16?,17?,18-,19-,20-,21?,22?,23-,24?,25-,26-,27-,28-,29-,30-,31?,32?,33?,34?,35?,36?/m1/s1. The SMILES string of the molecule is OC[C@H]1OC2O[C@H]3[C@H](O)[C@@H](O)C(O[C@@H]3CO)O[C@H]3C(O)C(O)C(O[C@@H]3CO)O[C@H]3C(O)[C@@H](O)C(O[C@H]4[C@H](O)C(O)C(O[C@@H]4CO)O[C@H]4C(O)C(O)C(O[C@H]1[C@H](O)[C@H]2O)O[C@@H]4CO)O[C@@H]3CO. The van der Waals surface area contributed by atoms with Gasteiger partial charge in [-0.05, 0) is 0 Å². The second-order valence-corrected chi connectivity index (χ2v) is 16.8. The van der Waals surface area contributed by atoms with Crippen LogP contribution < -0.4 is 0 Å². The van der Waals surface area contributed by atoms with Crippen molar-refractivity contribution in [2.24, 2.45) is 0 Å². The van der Waals surface area contributed by atoms with Crippen molar-refractivity contribution in [2.45, 2.75) is 184 Å². The fourth-order valence-electron chi connectivity index (χ4n) is 8.93. The first-order chi connectivity index (χ1) is 31.4. The summed E-state index contributed by atoms with van der Waals surface area (Å²) >= 11 is 0. The van der Waals surface area contributed by atoms with Crippen LogP contribution in [0.2, 0.25) is 0 Å². The van der Waals surface area contributed by atoms with Crippen molar-refractivity contribution < 1.29 is 149 Å². The Bertz CT molecular complexity index is 1230. The normalized spacial score (nSPS) is 55.4. The minimum absolute atomic E-state index is 0.999. The zero-order chi connectivity index (χ0) is 48.0. The van der Waals surface area contributed by atoms with Crippen LogP contribution in [0.15, 0.2) is 0 Å². The Morgan fingerprint density at radius 2 is 0.303 bits per heavy atom. The molecule has 0 aromatic heterocycles. The molecule has 30 atom stereocenters. The Kier molecular flexibility index (Phi) is 17.6. The predicted molar refractivity (Wildman–Crippen MR) is 196 cm³/mol. The van der Waals surface area contributed by atoms with E-state index in [1.165, 1.54) is 0 Å². The minimum Gasteiger partial charge on any atom is -0.394 e. The Hall–Kier alpha value is -1.20. The molecule has 30 heteroatoms. The third-order valence-corrected chi connectivity index (χ3v) is 12.7. The van der Waals surface area contributed by atoms with Gasteiger partial charge in [0.1, 0.15) is 146 Å². The molecule has 22 saturated heterocycles. The summed E-state index contributed by atoms with van der Waals surface area (Å²) in [5.41, 5.74) is 0. The van der Waals surface area contributed by atoms with Crippen LogP contribution in [0.5, 0.6) is 0 Å². The summed E-state index contributed by atoms with van der Waals surface area (Å²) in [5, 5.41) is 196. The summed E-state index contributed by atoms with van der Waals surface area (Å²) in [5.74, 6) is 0. The van der Waals surface area contributed by atoms with Crippen LogP contribution in [0, 0.1) is 0 Å². The highest BCUT2D eigenvalue weighted by atomic mass is 16.8. The first-order valence-electron chi connectivity index (χ1n) is 21.1. The summed E-state index contributed by atoms with van der Waals surface area (Å²) in [7, 11) is 0. The number of hydrogen-bond acceptors (Lipinski definition) is 30. The van der Waals surface area contributed by atoms with Gasteiger partial charge in [0.2, 0.25) is 0 Å². The molecule has 22 heterocycles. The molecule has 18 N–H and O–H groups in total. The van der Waals surface area contributed by atoms with E-state index in [9.17, 15) is 91.9 Å². The molecule has 0 spiro atoms. The molecule has 384 valence electrons. The average Bonchev–Trinajstić information content (AvgIpc) is 3.31. The van der Waals surface area contributed by atoms with Gasteiger partial charge in [-0.15, -0.1) is 0 Å². The molecule has 12 unspecified atom stereocenters. The molecule has 22 rings (SSSR count). The summed E-state index contributed by atoms with van der Waals surface area (Å²) in [6, 6.07) is 0. The summed E-state index contributed by atoms with van der Waals surface area (Å²) in [4.78, 5) is 0. The Morgan fingerprint density at radius 3 is 0.409 bits per heavy atom. The molecular formula is C36H60O30. The van der Waals surface area contributed by atoms with Gasteiger partial charge in [-0.3, -0.25) is 0 Å². The summed E-state index contributed by atoms with van der Waals surface area (Å²) in [6.45, 7) is -5.99. The maximum atomic E-state index is 11.2. The topological polar surface area (TPSA) is 475 Å². The van der Waals surface area contributed by atoms with E-state index in [2.05, 4.69) is 0 Å². The molecule has 30 nitrogen and oxygen atoms in total. The molecule has 66 heavy (non-hydrogen) atoms. The lowest BCUT2D eigenvalue weighted by molar-refractivity contribution is -0.404. The number of ether oxygens (including phenoxy) is 12. The summed E-state index contributed by atoms with van der Waals surface area (Å²) < 4.78 is 67.9. The molecule has 22 aliphatic rings. The van der Waals surface area contributed by atoms with E-state index in [4.69, 9.17) is 56.8 Å². The first-order valence-corrected chi connectivity index (χ1v) is 21.1. The van der Waals surface area contributed by atoms with Crippen LogP contribution >= 0.6 is 0 Å². The number of aliphatic hydroxyl groups excluding tert-OH is 18. The Balaban J connectivity index is 1.19. The van der Waals surface area contributed by atoms with Gasteiger partial charge >= 0.3 is 0 Å². The lowest BCUT2D eigenvalue weighted by Gasteiger charge is -2.50. The van der Waals surface area contributed by atoms with Gasteiger partial charge in [0.15, 0.2) is 37.7 Å². The number of rotatable bonds is 6. The predicted octanol–water partition coefficient (Wildman–Crippen LogP) is -13.1. The molecule has 0 amide bonds. The highest BCUT2D eigenvalue weighted by Crippen LogP contribution is 2.38. The lowest BCUT2D eigenvalue weighted by Crippen LogP contribution is -2.69. The van der Waals surface area contributed by atoms with Crippen molar-refractivity contribution in [3.05, 3.63) is 0 Å². The van der Waals surface area contributed by atoms with Gasteiger partial charge in [-0.2, -0.15) is 0 Å². The van der Waals surface area contributed by atoms with Gasteiger partial charge in [-0.1, -0.05) is 0 Å². The van der Waals surface area contributed by atoms with Crippen LogP contribution in [0.3, 0.4) is 0 Å². The van der Waals surface area contributed by atoms with Crippen LogP contribution in [0.4, 0.5) is 0 Å². The van der Waals surface area contributed by atoms with Crippen molar-refractivity contribution in [1.82, 2.24) is 0 Å². The third kappa shape index (κ3) is 10.0. The molecular weight excluding hydrogens is 912 g/mol. The molecule has 12 bridgehead atoms. The van der Waals surface area contributed by atoms with E-state index in [0.717, 1.165) is 0 Å². The lowest BCUT2D eigenvalue weighted by atomic mass is 9.94. The van der Waals surface area contributed by atoms with E-state index in [1.807, 2.05) is 0 Å². The molecule has 0 saturated carbocycles. The van der Waals surface area contributed by atoms with E-state index in [0.29, 0.717) is 0 Å². The third-order valence-electron chi connectivity index (χ3n) is 12.7. The first kappa shape index (κ1) is 52.6. The second-order valence-electron chi connectivity index (χ2n) is 16.8. The van der Waals surface area contributed by atoms with Gasteiger partial charge in [0, 0.05) is 0 Å². The van der Waals surface area contributed by atoms with Gasteiger partial charge in [0.25, 0.3) is 0 Å². The Labute approximate surface area is 372 Å². The van der Waals surface area contributed by atoms with E-state index < -0.39 is 224 Å². The zero-order valence-corrected chi connectivity index (χ0v) is 34.5. The monoisotopic (exact) mass is 972 g/mol. The molecule has 0 radical (unpaired) electrons. The number of hydrogen-bond donors (Lipinski definition) is 18. The minimum atomic E-state index is -2.15. The molecule has 0 aromatic rings.